The minimum Gasteiger partial charge on any atom is -0.469 e. The molecule has 2 aromatic heterocycles. The minimum atomic E-state index is 0.325. The van der Waals surface area contributed by atoms with E-state index < -0.39 is 0 Å². The van der Waals surface area contributed by atoms with Gasteiger partial charge in [0.15, 0.2) is 0 Å². The monoisotopic (exact) mass is 280 g/mol. The quantitative estimate of drug-likeness (QED) is 0.738. The summed E-state index contributed by atoms with van der Waals surface area (Å²) in [5.74, 6) is 1.04. The highest BCUT2D eigenvalue weighted by atomic mass is 16.3. The van der Waals surface area contributed by atoms with Gasteiger partial charge in [-0.15, -0.1) is 0 Å². The predicted molar refractivity (Wildman–Crippen MR) is 85.2 cm³/mol. The van der Waals surface area contributed by atoms with Crippen molar-refractivity contribution >= 4 is 10.9 Å². The zero-order valence-electron chi connectivity index (χ0n) is 12.3. The van der Waals surface area contributed by atoms with E-state index >= 15 is 0 Å². The molecule has 0 bridgehead atoms. The van der Waals surface area contributed by atoms with Gasteiger partial charge in [-0.05, 0) is 42.8 Å². The Bertz CT molecular complexity index is 691. The number of nitrogens with one attached hydrogen (secondary N) is 1. The minimum absolute atomic E-state index is 0.325. The molecule has 0 aliphatic rings. The number of aryl methyl sites for hydroxylation is 1. The van der Waals surface area contributed by atoms with Gasteiger partial charge in [-0.3, -0.25) is 4.98 Å². The molecule has 1 aromatic carbocycles. The van der Waals surface area contributed by atoms with Crippen molar-refractivity contribution in [2.24, 2.45) is 0 Å². The molecule has 0 aliphatic heterocycles. The molecule has 1 unspecified atom stereocenters. The van der Waals surface area contributed by atoms with Crippen LogP contribution in [0.1, 0.15) is 30.7 Å². The molecule has 3 aromatic rings. The van der Waals surface area contributed by atoms with Crippen molar-refractivity contribution in [3.05, 3.63) is 66.2 Å². The number of pyridine rings is 1. The van der Waals surface area contributed by atoms with Gasteiger partial charge in [0.05, 0.1) is 11.8 Å². The Labute approximate surface area is 125 Å². The maximum atomic E-state index is 5.43. The second kappa shape index (κ2) is 6.55. The molecule has 2 heterocycles. The number of fused-ring (bicyclic) bond motifs is 1. The van der Waals surface area contributed by atoms with Gasteiger partial charge in [-0.1, -0.05) is 25.1 Å². The third-order valence-corrected chi connectivity index (χ3v) is 3.74. The number of furan rings is 1. The van der Waals surface area contributed by atoms with Crippen LogP contribution in [0.5, 0.6) is 0 Å². The third kappa shape index (κ3) is 3.31. The average Bonchev–Trinajstić information content (AvgIpc) is 3.04. The summed E-state index contributed by atoms with van der Waals surface area (Å²) >= 11 is 0. The lowest BCUT2D eigenvalue weighted by Gasteiger charge is -2.18. The van der Waals surface area contributed by atoms with Crippen LogP contribution in [-0.4, -0.2) is 11.5 Å². The van der Waals surface area contributed by atoms with E-state index in [1.165, 1.54) is 10.9 Å². The summed E-state index contributed by atoms with van der Waals surface area (Å²) in [4.78, 5) is 4.45. The van der Waals surface area contributed by atoms with Gasteiger partial charge < -0.3 is 9.73 Å². The zero-order chi connectivity index (χ0) is 14.5. The maximum Gasteiger partial charge on any atom is 0.103 e. The Morgan fingerprint density at radius 2 is 2.14 bits per heavy atom. The maximum absolute atomic E-state index is 5.43. The molecule has 0 fully saturated rings. The fourth-order valence-electron chi connectivity index (χ4n) is 2.67. The Morgan fingerprint density at radius 1 is 1.19 bits per heavy atom. The van der Waals surface area contributed by atoms with Gasteiger partial charge >= 0.3 is 0 Å². The van der Waals surface area contributed by atoms with Crippen molar-refractivity contribution < 1.29 is 4.42 Å². The molecule has 0 amide bonds. The molecule has 1 N–H and O–H groups in total. The Hall–Kier alpha value is -2.13. The van der Waals surface area contributed by atoms with Gasteiger partial charge in [-0.25, -0.2) is 0 Å². The van der Waals surface area contributed by atoms with Crippen LogP contribution in [-0.2, 0) is 6.42 Å². The van der Waals surface area contributed by atoms with Gasteiger partial charge in [0.25, 0.3) is 0 Å². The lowest BCUT2D eigenvalue weighted by molar-refractivity contribution is 0.459. The van der Waals surface area contributed by atoms with Crippen LogP contribution in [0.3, 0.4) is 0 Å². The van der Waals surface area contributed by atoms with Crippen molar-refractivity contribution in [2.45, 2.75) is 25.8 Å². The summed E-state index contributed by atoms with van der Waals surface area (Å²) in [5, 5.41) is 4.74. The van der Waals surface area contributed by atoms with E-state index in [1.54, 1.807) is 6.26 Å². The number of hydrogen-bond donors (Lipinski definition) is 1. The second-order valence-electron chi connectivity index (χ2n) is 5.18. The largest absolute Gasteiger partial charge is 0.469 e. The molecule has 108 valence electrons. The van der Waals surface area contributed by atoms with E-state index in [4.69, 9.17) is 4.42 Å². The summed E-state index contributed by atoms with van der Waals surface area (Å²) in [6, 6.07) is 14.9. The molecule has 3 nitrogen and oxygen atoms in total. The molecular weight excluding hydrogens is 260 g/mol. The van der Waals surface area contributed by atoms with Crippen molar-refractivity contribution in [1.82, 2.24) is 10.3 Å². The molecule has 0 radical (unpaired) electrons. The van der Waals surface area contributed by atoms with Gasteiger partial charge in [0, 0.05) is 24.0 Å². The first-order valence-electron chi connectivity index (χ1n) is 7.47. The van der Waals surface area contributed by atoms with Crippen molar-refractivity contribution in [3.63, 3.8) is 0 Å². The first-order valence-corrected chi connectivity index (χ1v) is 7.47. The number of benzene rings is 1. The van der Waals surface area contributed by atoms with Crippen LogP contribution in [0, 0.1) is 0 Å². The van der Waals surface area contributed by atoms with Crippen molar-refractivity contribution in [2.75, 3.05) is 6.54 Å². The Morgan fingerprint density at radius 3 is 2.95 bits per heavy atom. The number of aromatic nitrogens is 1. The lowest BCUT2D eigenvalue weighted by atomic mass is 9.99. The van der Waals surface area contributed by atoms with E-state index in [1.807, 2.05) is 24.4 Å². The summed E-state index contributed by atoms with van der Waals surface area (Å²) in [5.41, 5.74) is 2.34. The smallest absolute Gasteiger partial charge is 0.103 e. The molecule has 0 spiro atoms. The molecular formula is C18H20N2O. The van der Waals surface area contributed by atoms with Crippen LogP contribution in [0.2, 0.25) is 0 Å². The molecule has 3 rings (SSSR count). The van der Waals surface area contributed by atoms with Crippen LogP contribution < -0.4 is 5.32 Å². The molecule has 1 atom stereocenters. The zero-order valence-corrected chi connectivity index (χ0v) is 12.3. The topological polar surface area (TPSA) is 38.1 Å². The average molecular weight is 280 g/mol. The Kier molecular flexibility index (Phi) is 4.31. The third-order valence-electron chi connectivity index (χ3n) is 3.74. The van der Waals surface area contributed by atoms with Gasteiger partial charge in [0.1, 0.15) is 5.76 Å². The fraction of sp³-hybridized carbons (Fsp3) is 0.278. The SMILES string of the molecule is CCNC(CCc1ccco1)c1ccc2cccnc2c1. The van der Waals surface area contributed by atoms with Crippen LogP contribution in [0.25, 0.3) is 10.9 Å². The molecule has 0 saturated carbocycles. The summed E-state index contributed by atoms with van der Waals surface area (Å²) < 4.78 is 5.43. The summed E-state index contributed by atoms with van der Waals surface area (Å²) in [6.45, 7) is 3.09. The molecule has 0 saturated heterocycles. The van der Waals surface area contributed by atoms with E-state index in [0.717, 1.165) is 30.7 Å². The van der Waals surface area contributed by atoms with Crippen LogP contribution >= 0.6 is 0 Å². The van der Waals surface area contributed by atoms with E-state index in [-0.39, 0.29) is 0 Å². The predicted octanol–water partition coefficient (Wildman–Crippen LogP) is 4.11. The van der Waals surface area contributed by atoms with Gasteiger partial charge in [-0.2, -0.15) is 0 Å². The second-order valence-corrected chi connectivity index (χ2v) is 5.18. The lowest BCUT2D eigenvalue weighted by Crippen LogP contribution is -2.21. The molecule has 0 aliphatic carbocycles. The van der Waals surface area contributed by atoms with Crippen molar-refractivity contribution in [3.8, 4) is 0 Å². The van der Waals surface area contributed by atoms with E-state index in [2.05, 4.69) is 41.5 Å². The van der Waals surface area contributed by atoms with Crippen molar-refractivity contribution in [1.29, 1.82) is 0 Å². The Balaban J connectivity index is 1.80. The van der Waals surface area contributed by atoms with Crippen LogP contribution in [0.4, 0.5) is 0 Å². The summed E-state index contributed by atoms with van der Waals surface area (Å²) in [6.07, 6.45) is 5.53. The van der Waals surface area contributed by atoms with Crippen LogP contribution in [0.15, 0.2) is 59.3 Å². The number of hydrogen-bond acceptors (Lipinski definition) is 3. The van der Waals surface area contributed by atoms with E-state index in [9.17, 15) is 0 Å². The highest BCUT2D eigenvalue weighted by Crippen LogP contribution is 2.23. The normalized spacial score (nSPS) is 12.6. The number of rotatable bonds is 6. The number of nitrogens with zero attached hydrogens (tertiary/aromatic N) is 1. The standard InChI is InChI=1S/C18H20N2O/c1-2-19-17(10-9-16-6-4-12-21-16)15-8-7-14-5-3-11-20-18(14)13-15/h3-8,11-13,17,19H,2,9-10H2,1H3. The summed E-state index contributed by atoms with van der Waals surface area (Å²) in [7, 11) is 0. The molecule has 21 heavy (non-hydrogen) atoms. The molecule has 3 heteroatoms. The highest BCUT2D eigenvalue weighted by Gasteiger charge is 2.12. The van der Waals surface area contributed by atoms with E-state index in [0.29, 0.717) is 6.04 Å². The first kappa shape index (κ1) is 13.8. The first-order chi connectivity index (χ1) is 10.4. The highest BCUT2D eigenvalue weighted by molar-refractivity contribution is 5.78. The van der Waals surface area contributed by atoms with Gasteiger partial charge in [0.2, 0.25) is 0 Å². The fourth-order valence-corrected chi connectivity index (χ4v) is 2.67.